The van der Waals surface area contributed by atoms with Crippen LogP contribution in [0.4, 0.5) is 0 Å². The highest BCUT2D eigenvalue weighted by molar-refractivity contribution is 5.73. The monoisotopic (exact) mass is 445 g/mol. The van der Waals surface area contributed by atoms with Crippen molar-refractivity contribution in [1.29, 1.82) is 0 Å². The summed E-state index contributed by atoms with van der Waals surface area (Å²) < 4.78 is 0. The Morgan fingerprint density at radius 3 is 1.34 bits per heavy atom. The molecule has 0 saturated heterocycles. The molecule has 1 heterocycles. The molecular formula is C21H23N3O8. The van der Waals surface area contributed by atoms with Gasteiger partial charge in [0.05, 0.1) is 37.6 Å². The van der Waals surface area contributed by atoms with Crippen LogP contribution in [0.25, 0.3) is 11.1 Å². The summed E-state index contributed by atoms with van der Waals surface area (Å²) in [4.78, 5) is 51.3. The van der Waals surface area contributed by atoms with Gasteiger partial charge in [0, 0.05) is 13.1 Å². The summed E-state index contributed by atoms with van der Waals surface area (Å²) in [7, 11) is 0. The first-order chi connectivity index (χ1) is 15.1. The molecule has 0 bridgehead atoms. The summed E-state index contributed by atoms with van der Waals surface area (Å²) in [5.41, 5.74) is 2.24. The van der Waals surface area contributed by atoms with E-state index in [0.717, 1.165) is 5.56 Å². The Morgan fingerprint density at radius 2 is 1.00 bits per heavy atom. The lowest BCUT2D eigenvalue weighted by molar-refractivity contribution is -0.144. The van der Waals surface area contributed by atoms with Gasteiger partial charge in [-0.25, -0.2) is 0 Å². The van der Waals surface area contributed by atoms with Gasteiger partial charge in [-0.05, 0) is 23.3 Å². The van der Waals surface area contributed by atoms with Crippen LogP contribution in [0.5, 0.6) is 0 Å². The minimum Gasteiger partial charge on any atom is -0.480 e. The number of aliphatic carboxylic acids is 4. The molecular weight excluding hydrogens is 422 g/mol. The Bertz CT molecular complexity index is 892. The first-order valence-corrected chi connectivity index (χ1v) is 9.49. The van der Waals surface area contributed by atoms with Crippen LogP contribution in [0, 0.1) is 0 Å². The average molecular weight is 445 g/mol. The van der Waals surface area contributed by atoms with Gasteiger partial charge in [-0.3, -0.25) is 34.0 Å². The summed E-state index contributed by atoms with van der Waals surface area (Å²) in [5, 5.41) is 36.3. The predicted octanol–water partition coefficient (Wildman–Crippen LogP) is 0.691. The smallest absolute Gasteiger partial charge is 0.317 e. The molecule has 2 rings (SSSR count). The number of carbonyl (C=O) groups is 4. The van der Waals surface area contributed by atoms with Crippen molar-refractivity contribution in [2.75, 3.05) is 26.2 Å². The molecule has 32 heavy (non-hydrogen) atoms. The van der Waals surface area contributed by atoms with Gasteiger partial charge in [-0.2, -0.15) is 0 Å². The van der Waals surface area contributed by atoms with Gasteiger partial charge in [-0.1, -0.05) is 30.3 Å². The van der Waals surface area contributed by atoms with Crippen molar-refractivity contribution in [3.05, 3.63) is 53.9 Å². The molecule has 1 aromatic carbocycles. The van der Waals surface area contributed by atoms with Crippen molar-refractivity contribution >= 4 is 23.9 Å². The van der Waals surface area contributed by atoms with Gasteiger partial charge in [0.2, 0.25) is 0 Å². The van der Waals surface area contributed by atoms with Gasteiger partial charge < -0.3 is 20.4 Å². The fourth-order valence-corrected chi connectivity index (χ4v) is 3.17. The maximum Gasteiger partial charge on any atom is 0.317 e. The molecule has 2 aromatic rings. The molecule has 0 fully saturated rings. The number of hydrogen-bond acceptors (Lipinski definition) is 7. The van der Waals surface area contributed by atoms with Crippen LogP contribution in [0.1, 0.15) is 11.4 Å². The third kappa shape index (κ3) is 8.50. The normalized spacial score (nSPS) is 10.9. The van der Waals surface area contributed by atoms with Crippen molar-refractivity contribution in [2.24, 2.45) is 0 Å². The highest BCUT2D eigenvalue weighted by atomic mass is 16.4. The molecule has 4 N–H and O–H groups in total. The summed E-state index contributed by atoms with van der Waals surface area (Å²) in [6, 6.07) is 12.5. The molecule has 0 aliphatic rings. The number of nitrogens with zero attached hydrogens (tertiary/aromatic N) is 3. The molecule has 0 aliphatic carbocycles. The van der Waals surface area contributed by atoms with Crippen LogP contribution in [-0.2, 0) is 32.3 Å². The molecule has 0 atom stereocenters. The quantitative estimate of drug-likeness (QED) is 0.342. The largest absolute Gasteiger partial charge is 0.480 e. The number of pyridine rings is 1. The number of carboxylic acids is 4. The first kappa shape index (κ1) is 24.4. The lowest BCUT2D eigenvalue weighted by atomic mass is 10.0. The van der Waals surface area contributed by atoms with Crippen LogP contribution in [-0.4, -0.2) is 85.3 Å². The summed E-state index contributed by atoms with van der Waals surface area (Å²) in [6.45, 7) is -2.20. The Kier molecular flexibility index (Phi) is 8.81. The van der Waals surface area contributed by atoms with Crippen LogP contribution in [0.15, 0.2) is 42.5 Å². The maximum absolute atomic E-state index is 11.1. The Balaban J connectivity index is 2.42. The van der Waals surface area contributed by atoms with E-state index in [-0.39, 0.29) is 13.1 Å². The van der Waals surface area contributed by atoms with E-state index in [2.05, 4.69) is 4.98 Å². The van der Waals surface area contributed by atoms with Crippen molar-refractivity contribution in [3.8, 4) is 11.1 Å². The van der Waals surface area contributed by atoms with Gasteiger partial charge in [0.1, 0.15) is 0 Å². The Hall–Kier alpha value is -3.83. The standard InChI is InChI=1S/C21H23N3O8/c25-18(26)10-23(11-19(27)28)8-16-6-15(14-4-2-1-3-5-14)7-17(22-16)9-24(12-20(29)30)13-21(31)32/h1-7H,8-13H2,(H,25,26)(H,27,28)(H,29,30)(H,31,32). The molecule has 0 unspecified atom stereocenters. The van der Waals surface area contributed by atoms with Crippen LogP contribution >= 0.6 is 0 Å². The highest BCUT2D eigenvalue weighted by Gasteiger charge is 2.18. The molecule has 0 amide bonds. The third-order valence-electron chi connectivity index (χ3n) is 4.25. The second-order valence-corrected chi connectivity index (χ2v) is 7.07. The molecule has 0 saturated carbocycles. The Morgan fingerprint density at radius 1 is 0.625 bits per heavy atom. The first-order valence-electron chi connectivity index (χ1n) is 9.49. The average Bonchev–Trinajstić information content (AvgIpc) is 2.66. The zero-order valence-corrected chi connectivity index (χ0v) is 17.0. The third-order valence-corrected chi connectivity index (χ3v) is 4.25. The summed E-state index contributed by atoms with van der Waals surface area (Å²) in [6.07, 6.45) is 0. The fraction of sp³-hybridized carbons (Fsp3) is 0.286. The van der Waals surface area contributed by atoms with E-state index in [1.165, 1.54) is 9.80 Å². The molecule has 170 valence electrons. The number of benzene rings is 1. The highest BCUT2D eigenvalue weighted by Crippen LogP contribution is 2.22. The zero-order valence-electron chi connectivity index (χ0n) is 17.0. The second-order valence-electron chi connectivity index (χ2n) is 7.07. The maximum atomic E-state index is 11.1. The second kappa shape index (κ2) is 11.5. The SMILES string of the molecule is O=C(O)CN(CC(=O)O)Cc1cc(-c2ccccc2)cc(CN(CC(=O)O)CC(=O)O)n1. The minimum atomic E-state index is -1.19. The van der Waals surface area contributed by atoms with E-state index in [1.807, 2.05) is 30.3 Å². The predicted molar refractivity (Wildman–Crippen MR) is 111 cm³/mol. The fourth-order valence-electron chi connectivity index (χ4n) is 3.17. The van der Waals surface area contributed by atoms with E-state index >= 15 is 0 Å². The number of aromatic nitrogens is 1. The summed E-state index contributed by atoms with van der Waals surface area (Å²) in [5.74, 6) is -4.78. The number of rotatable bonds is 13. The Labute approximate surface area is 183 Å². The van der Waals surface area contributed by atoms with Gasteiger partial charge in [0.15, 0.2) is 0 Å². The van der Waals surface area contributed by atoms with Crippen molar-refractivity contribution in [1.82, 2.24) is 14.8 Å². The number of hydrogen-bond donors (Lipinski definition) is 4. The van der Waals surface area contributed by atoms with Gasteiger partial charge in [0.25, 0.3) is 0 Å². The van der Waals surface area contributed by atoms with E-state index in [4.69, 9.17) is 20.4 Å². The van der Waals surface area contributed by atoms with Crippen molar-refractivity contribution in [3.63, 3.8) is 0 Å². The molecule has 11 nitrogen and oxygen atoms in total. The lowest BCUT2D eigenvalue weighted by Gasteiger charge is -2.21. The van der Waals surface area contributed by atoms with Crippen molar-refractivity contribution < 1.29 is 39.6 Å². The molecule has 0 aliphatic heterocycles. The van der Waals surface area contributed by atoms with Gasteiger partial charge >= 0.3 is 23.9 Å². The topological polar surface area (TPSA) is 169 Å². The minimum absolute atomic E-state index is 0.0792. The zero-order chi connectivity index (χ0) is 23.7. The molecule has 0 spiro atoms. The van der Waals surface area contributed by atoms with Crippen LogP contribution < -0.4 is 0 Å². The molecule has 1 aromatic heterocycles. The van der Waals surface area contributed by atoms with Gasteiger partial charge in [-0.15, -0.1) is 0 Å². The van der Waals surface area contributed by atoms with Crippen LogP contribution in [0.2, 0.25) is 0 Å². The van der Waals surface area contributed by atoms with Crippen molar-refractivity contribution in [2.45, 2.75) is 13.1 Å². The van der Waals surface area contributed by atoms with E-state index in [0.29, 0.717) is 17.0 Å². The lowest BCUT2D eigenvalue weighted by Crippen LogP contribution is -2.35. The molecule has 11 heteroatoms. The van der Waals surface area contributed by atoms with E-state index < -0.39 is 50.1 Å². The van der Waals surface area contributed by atoms with Crippen LogP contribution in [0.3, 0.4) is 0 Å². The van der Waals surface area contributed by atoms with E-state index in [1.54, 1.807) is 12.1 Å². The van der Waals surface area contributed by atoms with E-state index in [9.17, 15) is 19.2 Å². The summed E-state index contributed by atoms with van der Waals surface area (Å²) >= 11 is 0. The molecule has 0 radical (unpaired) electrons. The number of carboxylic acid groups (broad SMARTS) is 4.